The molecule has 0 radical (unpaired) electrons. The molecule has 8 aromatic rings. The van der Waals surface area contributed by atoms with E-state index in [2.05, 4.69) is 180 Å². The summed E-state index contributed by atoms with van der Waals surface area (Å²) in [6.07, 6.45) is 0. The number of hydrogen-bond donors (Lipinski definition) is 0. The van der Waals surface area contributed by atoms with Gasteiger partial charge in [-0.2, -0.15) is 0 Å². The summed E-state index contributed by atoms with van der Waals surface area (Å²) in [6.45, 7) is 0.0600. The maximum atomic E-state index is 6.61. The summed E-state index contributed by atoms with van der Waals surface area (Å²) < 4.78 is 13.2. The van der Waals surface area contributed by atoms with Crippen LogP contribution < -0.4 is 52.1 Å². The molecule has 0 fully saturated rings. The first-order valence-corrected chi connectivity index (χ1v) is 17.9. The lowest BCUT2D eigenvalue weighted by molar-refractivity contribution is 0.487. The van der Waals surface area contributed by atoms with Crippen molar-refractivity contribution in [3.8, 4) is 23.0 Å². The molecule has 0 bridgehead atoms. The van der Waals surface area contributed by atoms with Gasteiger partial charge in [-0.25, -0.2) is 0 Å². The zero-order chi connectivity index (χ0) is 33.9. The predicted octanol–water partition coefficient (Wildman–Crippen LogP) is 7.65. The highest BCUT2D eigenvalue weighted by Gasteiger charge is 2.44. The summed E-state index contributed by atoms with van der Waals surface area (Å²) in [5, 5.41) is 2.41. The number of anilines is 6. The number of para-hydroxylation sites is 4. The smallest absolute Gasteiger partial charge is 0.256 e. The van der Waals surface area contributed by atoms with E-state index in [1.165, 1.54) is 54.9 Å². The van der Waals surface area contributed by atoms with Gasteiger partial charge in [-0.05, 0) is 116 Å². The summed E-state index contributed by atoms with van der Waals surface area (Å²) in [5.74, 6) is 3.67. The molecule has 4 aliphatic heterocycles. The van der Waals surface area contributed by atoms with Crippen molar-refractivity contribution < 1.29 is 9.47 Å². The van der Waals surface area contributed by atoms with Crippen LogP contribution in [0.2, 0.25) is 0 Å². The monoisotopic (exact) mass is 662 g/mol. The summed E-state index contributed by atoms with van der Waals surface area (Å²) in [5.41, 5.74) is 14.3. The molecule has 0 saturated carbocycles. The third-order valence-electron chi connectivity index (χ3n) is 11.3. The summed E-state index contributed by atoms with van der Waals surface area (Å²) in [6, 6.07) is 61.2. The van der Waals surface area contributed by atoms with Gasteiger partial charge in [-0.1, -0.05) is 97.1 Å². The predicted molar refractivity (Wildman–Crippen MR) is 216 cm³/mol. The van der Waals surface area contributed by atoms with Crippen molar-refractivity contribution in [3.05, 3.63) is 170 Å². The lowest BCUT2D eigenvalue weighted by Gasteiger charge is -2.41. The van der Waals surface area contributed by atoms with Gasteiger partial charge in [0.2, 0.25) is 0 Å². The Kier molecular flexibility index (Phi) is 5.64. The number of hydrogen-bond acceptors (Lipinski definition) is 4. The number of rotatable bonds is 2. The van der Waals surface area contributed by atoms with E-state index in [1.54, 1.807) is 0 Å². The minimum absolute atomic E-state index is 0.0300. The standard InChI is InChI=1S/C46H28B2N2O2/c1-3-13-31(14-4-1)49-37-19-11-23-43-45(37)47(33-17-7-9-21-41(33)51-43)35-25-30-28-40-36(26-29(30)27-39(35)49)48-34-18-8-10-22-42(34)52-44-24-12-20-38(46(44)48)50(40)32-15-5-2-6-16-32/h1-28H. The van der Waals surface area contributed by atoms with Gasteiger partial charge in [0.15, 0.2) is 0 Å². The Morgan fingerprint density at radius 2 is 0.731 bits per heavy atom. The van der Waals surface area contributed by atoms with Crippen LogP contribution in [0, 0.1) is 0 Å². The molecular formula is C46H28B2N2O2. The van der Waals surface area contributed by atoms with Crippen LogP contribution in [0.3, 0.4) is 0 Å². The summed E-state index contributed by atoms with van der Waals surface area (Å²) in [4.78, 5) is 4.85. The molecular weight excluding hydrogens is 634 g/mol. The second kappa shape index (κ2) is 10.4. The second-order valence-electron chi connectivity index (χ2n) is 14.0. The minimum atomic E-state index is 0.0300. The van der Waals surface area contributed by atoms with Crippen molar-refractivity contribution in [2.75, 3.05) is 9.80 Å². The van der Waals surface area contributed by atoms with Crippen LogP contribution in [-0.4, -0.2) is 13.4 Å². The topological polar surface area (TPSA) is 24.9 Å². The highest BCUT2D eigenvalue weighted by molar-refractivity contribution is 7.00. The van der Waals surface area contributed by atoms with Gasteiger partial charge in [-0.15, -0.1) is 0 Å². The van der Waals surface area contributed by atoms with Crippen LogP contribution in [0.1, 0.15) is 0 Å². The zero-order valence-corrected chi connectivity index (χ0v) is 28.0. The third kappa shape index (κ3) is 3.78. The molecule has 6 heteroatoms. The maximum Gasteiger partial charge on any atom is 0.256 e. The van der Waals surface area contributed by atoms with Crippen LogP contribution in [0.15, 0.2) is 170 Å². The molecule has 0 aliphatic carbocycles. The fourth-order valence-corrected chi connectivity index (χ4v) is 9.21. The van der Waals surface area contributed by atoms with E-state index in [-0.39, 0.29) is 13.4 Å². The van der Waals surface area contributed by atoms with Crippen LogP contribution >= 0.6 is 0 Å². The Bertz CT molecular complexity index is 2600. The minimum Gasteiger partial charge on any atom is -0.458 e. The zero-order valence-electron chi connectivity index (χ0n) is 28.0. The van der Waals surface area contributed by atoms with E-state index in [9.17, 15) is 0 Å². The molecule has 0 atom stereocenters. The van der Waals surface area contributed by atoms with Gasteiger partial charge in [0.05, 0.1) is 0 Å². The van der Waals surface area contributed by atoms with Gasteiger partial charge in [0.1, 0.15) is 23.0 Å². The van der Waals surface area contributed by atoms with Crippen molar-refractivity contribution in [2.24, 2.45) is 0 Å². The van der Waals surface area contributed by atoms with Crippen LogP contribution in [0.4, 0.5) is 34.1 Å². The lowest BCUT2D eigenvalue weighted by atomic mass is 9.33. The highest BCUT2D eigenvalue weighted by Crippen LogP contribution is 2.44. The molecule has 0 aromatic heterocycles. The van der Waals surface area contributed by atoms with E-state index in [1.807, 2.05) is 0 Å². The van der Waals surface area contributed by atoms with E-state index in [4.69, 9.17) is 9.47 Å². The molecule has 0 N–H and O–H groups in total. The van der Waals surface area contributed by atoms with Crippen molar-refractivity contribution in [1.29, 1.82) is 0 Å². The Hall–Kier alpha value is -6.65. The first-order chi connectivity index (χ1) is 25.8. The molecule has 8 aromatic carbocycles. The average Bonchev–Trinajstić information content (AvgIpc) is 3.20. The van der Waals surface area contributed by atoms with E-state index >= 15 is 0 Å². The Labute approximate surface area is 302 Å². The van der Waals surface area contributed by atoms with Gasteiger partial charge in [0, 0.05) is 34.1 Å². The quantitative estimate of drug-likeness (QED) is 0.178. The number of nitrogens with zero attached hydrogens (tertiary/aromatic N) is 2. The SMILES string of the molecule is c1ccc(N2c3cc4cc5c(cc4cc3B3c4ccccc4Oc4cccc2c43)N(c2ccccc2)c2cccc3c2B5c2ccccc2O3)cc1. The normalized spacial score (nSPS) is 13.9. The Morgan fingerprint density at radius 3 is 1.19 bits per heavy atom. The largest absolute Gasteiger partial charge is 0.458 e. The summed E-state index contributed by atoms with van der Waals surface area (Å²) >= 11 is 0. The van der Waals surface area contributed by atoms with Crippen molar-refractivity contribution in [2.45, 2.75) is 0 Å². The fourth-order valence-electron chi connectivity index (χ4n) is 9.21. The molecule has 4 aliphatic rings. The molecule has 52 heavy (non-hydrogen) atoms. The van der Waals surface area contributed by atoms with E-state index in [0.29, 0.717) is 0 Å². The van der Waals surface area contributed by atoms with Crippen LogP contribution in [0.25, 0.3) is 10.8 Å². The van der Waals surface area contributed by atoms with Gasteiger partial charge in [0.25, 0.3) is 13.4 Å². The lowest BCUT2D eigenvalue weighted by Crippen LogP contribution is -2.60. The summed E-state index contributed by atoms with van der Waals surface area (Å²) in [7, 11) is 0. The van der Waals surface area contributed by atoms with Crippen LogP contribution in [0.5, 0.6) is 23.0 Å². The molecule has 0 unspecified atom stereocenters. The molecule has 0 saturated heterocycles. The maximum absolute atomic E-state index is 6.61. The number of benzene rings is 8. The molecule has 12 rings (SSSR count). The van der Waals surface area contributed by atoms with Gasteiger partial charge in [-0.3, -0.25) is 0 Å². The third-order valence-corrected chi connectivity index (χ3v) is 11.3. The van der Waals surface area contributed by atoms with Crippen LogP contribution in [-0.2, 0) is 0 Å². The van der Waals surface area contributed by atoms with Crippen molar-refractivity contribution >= 4 is 91.1 Å². The highest BCUT2D eigenvalue weighted by atomic mass is 16.5. The Morgan fingerprint density at radius 1 is 0.327 bits per heavy atom. The second-order valence-corrected chi connectivity index (χ2v) is 14.0. The average molecular weight is 662 g/mol. The molecule has 4 heterocycles. The van der Waals surface area contributed by atoms with E-state index in [0.717, 1.165) is 45.7 Å². The van der Waals surface area contributed by atoms with Crippen molar-refractivity contribution in [1.82, 2.24) is 0 Å². The van der Waals surface area contributed by atoms with Gasteiger partial charge >= 0.3 is 0 Å². The van der Waals surface area contributed by atoms with E-state index < -0.39 is 0 Å². The number of fused-ring (bicyclic) bond motifs is 9. The first kappa shape index (κ1) is 28.1. The molecule has 0 amide bonds. The first-order valence-electron chi connectivity index (χ1n) is 17.9. The fraction of sp³-hybridized carbons (Fsp3) is 0. The van der Waals surface area contributed by atoms with Crippen molar-refractivity contribution in [3.63, 3.8) is 0 Å². The molecule has 0 spiro atoms. The number of ether oxygens (including phenoxy) is 2. The molecule has 4 nitrogen and oxygen atoms in total. The molecule has 240 valence electrons. The van der Waals surface area contributed by atoms with Gasteiger partial charge < -0.3 is 19.3 Å². The Balaban J connectivity index is 1.17.